The van der Waals surface area contributed by atoms with E-state index in [0.717, 1.165) is 6.07 Å². The van der Waals surface area contributed by atoms with E-state index >= 15 is 0 Å². The number of Topliss-reactive ketones (excluding diaryl/α,β-unsaturated/α-hetero) is 1. The molecule has 0 atom stereocenters. The number of pyridine rings is 1. The van der Waals surface area contributed by atoms with Crippen LogP contribution < -0.4 is 33.9 Å². The number of hydrogen-bond acceptors (Lipinski definition) is 2. The van der Waals surface area contributed by atoms with Crippen LogP contribution in [0.5, 0.6) is 0 Å². The van der Waals surface area contributed by atoms with Crippen molar-refractivity contribution in [2.45, 2.75) is 27.3 Å². The SMILES string of the molecule is CNC(=O)C=C(c1ccc(Cl)[n+](CC(=O)C(C)(C)C)c1)c1cccc(F)c1F.[I-]. The molecule has 1 heterocycles. The molecule has 1 aromatic carbocycles. The molecular weight excluding hydrogens is 513 g/mol. The Morgan fingerprint density at radius 1 is 1.17 bits per heavy atom. The van der Waals surface area contributed by atoms with E-state index in [2.05, 4.69) is 5.32 Å². The Bertz CT molecular complexity index is 956. The van der Waals surface area contributed by atoms with Crippen molar-refractivity contribution in [2.24, 2.45) is 5.41 Å². The van der Waals surface area contributed by atoms with Gasteiger partial charge in [-0.1, -0.05) is 32.9 Å². The van der Waals surface area contributed by atoms with Crippen LogP contribution in [0.15, 0.2) is 42.6 Å². The second-order valence-electron chi connectivity index (χ2n) is 7.32. The minimum absolute atomic E-state index is 0. The molecule has 0 bridgehead atoms. The van der Waals surface area contributed by atoms with Crippen LogP contribution in [0.2, 0.25) is 5.15 Å². The van der Waals surface area contributed by atoms with Crippen LogP contribution in [0.1, 0.15) is 31.9 Å². The summed E-state index contributed by atoms with van der Waals surface area (Å²) in [5.74, 6) is -2.62. The molecule has 0 spiro atoms. The molecule has 156 valence electrons. The zero-order valence-electron chi connectivity index (χ0n) is 16.5. The number of halogens is 4. The number of amides is 1. The fourth-order valence-corrected chi connectivity index (χ4v) is 2.60. The van der Waals surface area contributed by atoms with E-state index < -0.39 is 23.0 Å². The Balaban J connectivity index is 0.00000420. The van der Waals surface area contributed by atoms with E-state index in [1.165, 1.54) is 29.8 Å². The quantitative estimate of drug-likeness (QED) is 0.266. The van der Waals surface area contributed by atoms with Crippen molar-refractivity contribution in [3.63, 3.8) is 0 Å². The van der Waals surface area contributed by atoms with Gasteiger partial charge in [0, 0.05) is 41.3 Å². The average molecular weight is 535 g/mol. The molecule has 0 aliphatic carbocycles. The monoisotopic (exact) mass is 534 g/mol. The maximum Gasteiger partial charge on any atom is 0.275 e. The third kappa shape index (κ3) is 6.30. The Hall–Kier alpha value is -1.87. The lowest BCUT2D eigenvalue weighted by Crippen LogP contribution is -3.00. The fourth-order valence-electron chi connectivity index (χ4n) is 2.43. The first-order valence-corrected chi connectivity index (χ1v) is 9.03. The number of hydrogen-bond donors (Lipinski definition) is 1. The van der Waals surface area contributed by atoms with Gasteiger partial charge in [-0.3, -0.25) is 9.59 Å². The van der Waals surface area contributed by atoms with Crippen LogP contribution in [0, 0.1) is 17.0 Å². The van der Waals surface area contributed by atoms with Gasteiger partial charge >= 0.3 is 0 Å². The summed E-state index contributed by atoms with van der Waals surface area (Å²) in [6.45, 7) is 5.40. The highest BCUT2D eigenvalue weighted by Gasteiger charge is 2.27. The molecular formula is C21H22ClF2IN2O2. The van der Waals surface area contributed by atoms with E-state index in [1.807, 2.05) is 0 Å². The van der Waals surface area contributed by atoms with Crippen LogP contribution in [-0.4, -0.2) is 18.7 Å². The average Bonchev–Trinajstić information content (AvgIpc) is 2.63. The van der Waals surface area contributed by atoms with Crippen LogP contribution in [0.3, 0.4) is 0 Å². The van der Waals surface area contributed by atoms with Crippen LogP contribution >= 0.6 is 11.6 Å². The molecule has 0 aliphatic heterocycles. The van der Waals surface area contributed by atoms with E-state index in [9.17, 15) is 18.4 Å². The topological polar surface area (TPSA) is 50.1 Å². The zero-order chi connectivity index (χ0) is 21.1. The highest BCUT2D eigenvalue weighted by molar-refractivity contribution is 6.28. The third-order valence-corrected chi connectivity index (χ3v) is 4.54. The van der Waals surface area contributed by atoms with Crippen molar-refractivity contribution in [3.8, 4) is 0 Å². The second kappa shape index (κ2) is 10.2. The molecule has 29 heavy (non-hydrogen) atoms. The normalized spacial score (nSPS) is 11.6. The number of nitrogens with zero attached hydrogens (tertiary/aromatic N) is 1. The van der Waals surface area contributed by atoms with Gasteiger partial charge in [0.2, 0.25) is 18.2 Å². The van der Waals surface area contributed by atoms with Gasteiger partial charge in [0.15, 0.2) is 17.8 Å². The highest BCUT2D eigenvalue weighted by atomic mass is 127. The lowest BCUT2D eigenvalue weighted by atomic mass is 9.90. The first-order valence-electron chi connectivity index (χ1n) is 8.65. The number of carbonyl (C=O) groups is 2. The smallest absolute Gasteiger partial charge is 0.275 e. The van der Waals surface area contributed by atoms with E-state index in [4.69, 9.17) is 11.6 Å². The first kappa shape index (κ1) is 25.2. The standard InChI is InChI=1S/C21H21ClF2N2O2.HI/c1-21(2,3)17(27)12-26-11-13(8-9-18(26)22)15(10-19(28)25-4)14-6-5-7-16(23)20(14)24;/h5-11H,12H2,1-4H3;1H. The van der Waals surface area contributed by atoms with E-state index in [-0.39, 0.29) is 47.4 Å². The Morgan fingerprint density at radius 3 is 2.41 bits per heavy atom. The Morgan fingerprint density at radius 2 is 1.83 bits per heavy atom. The number of benzene rings is 1. The Kier molecular flexibility index (Phi) is 8.89. The minimum atomic E-state index is -1.06. The van der Waals surface area contributed by atoms with Crippen molar-refractivity contribution in [2.75, 3.05) is 7.05 Å². The van der Waals surface area contributed by atoms with Gasteiger partial charge in [0.05, 0.1) is 0 Å². The number of likely N-dealkylation sites (N-methyl/N-ethyl adjacent to an activating group) is 1. The number of nitrogens with one attached hydrogen (secondary N) is 1. The summed E-state index contributed by atoms with van der Waals surface area (Å²) < 4.78 is 29.7. The molecule has 2 aromatic rings. The maximum absolute atomic E-state index is 14.4. The molecule has 0 unspecified atom stereocenters. The fraction of sp³-hybridized carbons (Fsp3) is 0.286. The van der Waals surface area contributed by atoms with E-state index in [1.54, 1.807) is 39.1 Å². The summed E-state index contributed by atoms with van der Waals surface area (Å²) in [6.07, 6.45) is 2.72. The van der Waals surface area contributed by atoms with Gasteiger partial charge in [-0.15, -0.1) is 0 Å². The van der Waals surface area contributed by atoms with E-state index in [0.29, 0.717) is 10.7 Å². The molecule has 0 saturated heterocycles. The van der Waals surface area contributed by atoms with Gasteiger partial charge in [0.1, 0.15) is 0 Å². The molecule has 8 heteroatoms. The summed E-state index contributed by atoms with van der Waals surface area (Å²) >= 11 is 6.21. The molecule has 0 saturated carbocycles. The van der Waals surface area contributed by atoms with Gasteiger partial charge in [-0.05, 0) is 23.7 Å². The van der Waals surface area contributed by atoms with Crippen molar-refractivity contribution in [1.29, 1.82) is 0 Å². The number of rotatable bonds is 5. The first-order chi connectivity index (χ1) is 13.0. The molecule has 4 nitrogen and oxygen atoms in total. The predicted octanol–water partition coefficient (Wildman–Crippen LogP) is 0.703. The number of carbonyl (C=O) groups excluding carboxylic acids is 2. The molecule has 1 amide bonds. The summed E-state index contributed by atoms with van der Waals surface area (Å²) in [5, 5.41) is 2.73. The summed E-state index contributed by atoms with van der Waals surface area (Å²) in [4.78, 5) is 24.3. The van der Waals surface area contributed by atoms with Crippen molar-refractivity contribution in [1.82, 2.24) is 5.32 Å². The highest BCUT2D eigenvalue weighted by Crippen LogP contribution is 2.27. The lowest BCUT2D eigenvalue weighted by molar-refractivity contribution is -0.682. The molecule has 2 rings (SSSR count). The summed E-state index contributed by atoms with van der Waals surface area (Å²) in [5.41, 5.74) is -0.0503. The molecule has 1 aromatic heterocycles. The largest absolute Gasteiger partial charge is 1.00 e. The second-order valence-corrected chi connectivity index (χ2v) is 7.70. The van der Waals surface area contributed by atoms with Crippen LogP contribution in [0.4, 0.5) is 8.78 Å². The van der Waals surface area contributed by atoms with Gasteiger partial charge in [-0.25, -0.2) is 8.78 Å². The van der Waals surface area contributed by atoms with Gasteiger partial charge < -0.3 is 29.3 Å². The van der Waals surface area contributed by atoms with Crippen molar-refractivity contribution in [3.05, 3.63) is 70.5 Å². The summed E-state index contributed by atoms with van der Waals surface area (Å²) in [7, 11) is 1.43. The molecule has 1 N–H and O–H groups in total. The van der Waals surface area contributed by atoms with Crippen LogP contribution in [-0.2, 0) is 16.1 Å². The Labute approximate surface area is 191 Å². The molecule has 0 fully saturated rings. The van der Waals surface area contributed by atoms with Gasteiger partial charge in [-0.2, -0.15) is 4.57 Å². The number of ketones is 1. The third-order valence-electron chi connectivity index (χ3n) is 4.19. The zero-order valence-corrected chi connectivity index (χ0v) is 19.4. The van der Waals surface area contributed by atoms with Crippen LogP contribution in [0.25, 0.3) is 5.57 Å². The predicted molar refractivity (Wildman–Crippen MR) is 104 cm³/mol. The molecule has 0 radical (unpaired) electrons. The lowest BCUT2D eigenvalue weighted by Gasteiger charge is -2.15. The summed E-state index contributed by atoms with van der Waals surface area (Å²) in [6, 6.07) is 6.87. The maximum atomic E-state index is 14.4. The number of aromatic nitrogens is 1. The molecule has 0 aliphatic rings. The minimum Gasteiger partial charge on any atom is -1.00 e. The van der Waals surface area contributed by atoms with Crippen molar-refractivity contribution >= 4 is 28.9 Å². The van der Waals surface area contributed by atoms with Crippen molar-refractivity contribution < 1.29 is 46.9 Å². The van der Waals surface area contributed by atoms with Gasteiger partial charge in [0.25, 0.3) is 5.15 Å².